The Balaban J connectivity index is 2.05. The van der Waals surface area contributed by atoms with Gasteiger partial charge in [-0.25, -0.2) is 0 Å². The summed E-state index contributed by atoms with van der Waals surface area (Å²) >= 11 is 0. The molecule has 0 atom stereocenters. The van der Waals surface area contributed by atoms with Crippen molar-refractivity contribution in [3.8, 4) is 0 Å². The summed E-state index contributed by atoms with van der Waals surface area (Å²) in [7, 11) is 0. The summed E-state index contributed by atoms with van der Waals surface area (Å²) in [6, 6.07) is 8.52. The minimum Gasteiger partial charge on any atom is -0.382 e. The molecule has 0 fully saturated rings. The molecule has 1 aliphatic heterocycles. The van der Waals surface area contributed by atoms with Crippen LogP contribution in [0.5, 0.6) is 0 Å². The molecule has 2 nitrogen and oxygen atoms in total. The van der Waals surface area contributed by atoms with E-state index < -0.39 is 0 Å². The van der Waals surface area contributed by atoms with Crippen molar-refractivity contribution in [2.45, 2.75) is 12.8 Å². The van der Waals surface area contributed by atoms with Crippen molar-refractivity contribution >= 4 is 11.4 Å². The topological polar surface area (TPSA) is 15.3 Å². The summed E-state index contributed by atoms with van der Waals surface area (Å²) in [5, 5.41) is 3.42. The van der Waals surface area contributed by atoms with Gasteiger partial charge in [0.15, 0.2) is 0 Å². The predicted molar refractivity (Wildman–Crippen MR) is 66.6 cm³/mol. The highest BCUT2D eigenvalue weighted by Gasteiger charge is 2.14. The second kappa shape index (κ2) is 4.87. The lowest BCUT2D eigenvalue weighted by atomic mass is 10.2. The van der Waals surface area contributed by atoms with Crippen LogP contribution in [0.4, 0.5) is 11.4 Å². The van der Waals surface area contributed by atoms with E-state index in [4.69, 9.17) is 0 Å². The number of anilines is 2. The molecule has 0 amide bonds. The van der Waals surface area contributed by atoms with Gasteiger partial charge in [-0.2, -0.15) is 0 Å². The molecule has 1 N–H and O–H groups in total. The normalized spacial score (nSPS) is 14.3. The zero-order valence-corrected chi connectivity index (χ0v) is 9.08. The quantitative estimate of drug-likeness (QED) is 0.596. The van der Waals surface area contributed by atoms with E-state index in [1.54, 1.807) is 0 Å². The van der Waals surface area contributed by atoms with E-state index in [2.05, 4.69) is 41.1 Å². The lowest BCUT2D eigenvalue weighted by Crippen LogP contribution is -2.34. The molecule has 0 bridgehead atoms. The number of hydrogen-bond donors (Lipinski definition) is 1. The van der Waals surface area contributed by atoms with Gasteiger partial charge in [-0.3, -0.25) is 0 Å². The van der Waals surface area contributed by atoms with E-state index in [1.165, 1.54) is 17.8 Å². The smallest absolute Gasteiger partial charge is 0.0602 e. The molecule has 1 aromatic rings. The van der Waals surface area contributed by atoms with Crippen LogP contribution in [-0.4, -0.2) is 19.6 Å². The van der Waals surface area contributed by atoms with Crippen molar-refractivity contribution in [2.75, 3.05) is 29.9 Å². The molecule has 0 saturated heterocycles. The number of nitrogens with one attached hydrogen (secondary N) is 1. The van der Waals surface area contributed by atoms with Gasteiger partial charge < -0.3 is 10.2 Å². The van der Waals surface area contributed by atoms with Gasteiger partial charge in [0.05, 0.1) is 11.4 Å². The van der Waals surface area contributed by atoms with Crippen LogP contribution in [0, 0.1) is 0 Å². The van der Waals surface area contributed by atoms with Gasteiger partial charge in [0.1, 0.15) is 0 Å². The number of para-hydroxylation sites is 2. The van der Waals surface area contributed by atoms with E-state index in [9.17, 15) is 0 Å². The highest BCUT2D eigenvalue weighted by molar-refractivity contribution is 5.71. The number of nitrogens with zero attached hydrogens (tertiary/aromatic N) is 1. The first kappa shape index (κ1) is 10.1. The molecule has 1 aliphatic rings. The maximum Gasteiger partial charge on any atom is 0.0602 e. The molecule has 15 heavy (non-hydrogen) atoms. The van der Waals surface area contributed by atoms with Crippen molar-refractivity contribution in [1.29, 1.82) is 0 Å². The standard InChI is InChI=1S/C13H18N2/c1-2-3-6-10-15-11-9-14-12-7-4-5-8-13(12)15/h2,4-5,7-8,14H,1,3,6,9-11H2. The van der Waals surface area contributed by atoms with Crippen LogP contribution in [0.1, 0.15) is 12.8 Å². The third kappa shape index (κ3) is 2.32. The van der Waals surface area contributed by atoms with Crippen LogP contribution in [0.15, 0.2) is 36.9 Å². The van der Waals surface area contributed by atoms with Crippen molar-refractivity contribution in [3.63, 3.8) is 0 Å². The molecule has 2 rings (SSSR count). The minimum atomic E-state index is 1.05. The van der Waals surface area contributed by atoms with Crippen molar-refractivity contribution in [2.24, 2.45) is 0 Å². The van der Waals surface area contributed by atoms with Crippen molar-refractivity contribution < 1.29 is 0 Å². The van der Waals surface area contributed by atoms with Crippen LogP contribution in [-0.2, 0) is 0 Å². The second-order valence-corrected chi connectivity index (χ2v) is 3.86. The Bertz CT molecular complexity index is 333. The Labute approximate surface area is 91.6 Å². The molecular weight excluding hydrogens is 184 g/mol. The monoisotopic (exact) mass is 202 g/mol. The van der Waals surface area contributed by atoms with Crippen LogP contribution in [0.2, 0.25) is 0 Å². The van der Waals surface area contributed by atoms with E-state index in [1.807, 2.05) is 6.08 Å². The molecule has 0 aliphatic carbocycles. The Morgan fingerprint density at radius 1 is 1.40 bits per heavy atom. The largest absolute Gasteiger partial charge is 0.382 e. The first-order chi connectivity index (χ1) is 7.42. The molecular formula is C13H18N2. The number of unbranched alkanes of at least 4 members (excludes halogenated alkanes) is 1. The van der Waals surface area contributed by atoms with Gasteiger partial charge >= 0.3 is 0 Å². The zero-order valence-electron chi connectivity index (χ0n) is 9.08. The predicted octanol–water partition coefficient (Wildman–Crippen LogP) is 2.88. The summed E-state index contributed by atoms with van der Waals surface area (Å²) in [5.74, 6) is 0. The lowest BCUT2D eigenvalue weighted by molar-refractivity contribution is 0.733. The Kier molecular flexibility index (Phi) is 3.28. The van der Waals surface area contributed by atoms with E-state index in [-0.39, 0.29) is 0 Å². The van der Waals surface area contributed by atoms with Crippen LogP contribution >= 0.6 is 0 Å². The molecule has 1 heterocycles. The first-order valence-corrected chi connectivity index (χ1v) is 5.60. The van der Waals surface area contributed by atoms with Gasteiger partial charge in [0.2, 0.25) is 0 Å². The Hall–Kier alpha value is -1.44. The molecule has 80 valence electrons. The fourth-order valence-corrected chi connectivity index (χ4v) is 2.00. The molecule has 0 unspecified atom stereocenters. The summed E-state index contributed by atoms with van der Waals surface area (Å²) in [6.45, 7) is 7.04. The summed E-state index contributed by atoms with van der Waals surface area (Å²) < 4.78 is 0. The van der Waals surface area contributed by atoms with Crippen LogP contribution in [0.3, 0.4) is 0 Å². The molecule has 0 saturated carbocycles. The Morgan fingerprint density at radius 2 is 2.27 bits per heavy atom. The van der Waals surface area contributed by atoms with E-state index >= 15 is 0 Å². The number of hydrogen-bond acceptors (Lipinski definition) is 2. The highest BCUT2D eigenvalue weighted by atomic mass is 15.2. The van der Waals surface area contributed by atoms with Gasteiger partial charge in [-0.1, -0.05) is 18.2 Å². The molecule has 2 heteroatoms. The fraction of sp³-hybridized carbons (Fsp3) is 0.385. The third-order valence-corrected chi connectivity index (χ3v) is 2.78. The molecule has 0 aromatic heterocycles. The number of fused-ring (bicyclic) bond motifs is 1. The highest BCUT2D eigenvalue weighted by Crippen LogP contribution is 2.28. The summed E-state index contributed by atoms with van der Waals surface area (Å²) in [4.78, 5) is 2.45. The zero-order chi connectivity index (χ0) is 10.5. The number of benzene rings is 1. The fourth-order valence-electron chi connectivity index (χ4n) is 2.00. The molecule has 0 radical (unpaired) electrons. The van der Waals surface area contributed by atoms with Gasteiger partial charge in [0.25, 0.3) is 0 Å². The maximum absolute atomic E-state index is 3.76. The van der Waals surface area contributed by atoms with Gasteiger partial charge in [0, 0.05) is 19.6 Å². The molecule has 1 aromatic carbocycles. The first-order valence-electron chi connectivity index (χ1n) is 5.60. The van der Waals surface area contributed by atoms with Gasteiger partial charge in [-0.05, 0) is 25.0 Å². The average molecular weight is 202 g/mol. The van der Waals surface area contributed by atoms with Gasteiger partial charge in [-0.15, -0.1) is 6.58 Å². The van der Waals surface area contributed by atoms with Crippen molar-refractivity contribution in [1.82, 2.24) is 0 Å². The second-order valence-electron chi connectivity index (χ2n) is 3.86. The van der Waals surface area contributed by atoms with Crippen LogP contribution < -0.4 is 10.2 Å². The summed E-state index contributed by atoms with van der Waals surface area (Å²) in [6.07, 6.45) is 4.29. The maximum atomic E-state index is 3.76. The summed E-state index contributed by atoms with van der Waals surface area (Å²) in [5.41, 5.74) is 2.61. The lowest BCUT2D eigenvalue weighted by Gasteiger charge is -2.31. The van der Waals surface area contributed by atoms with E-state index in [0.717, 1.165) is 26.1 Å². The van der Waals surface area contributed by atoms with Crippen molar-refractivity contribution in [3.05, 3.63) is 36.9 Å². The minimum absolute atomic E-state index is 1.05. The average Bonchev–Trinajstić information content (AvgIpc) is 2.30. The number of allylic oxidation sites excluding steroid dienone is 1. The third-order valence-electron chi connectivity index (χ3n) is 2.78. The van der Waals surface area contributed by atoms with E-state index in [0.29, 0.717) is 0 Å². The Morgan fingerprint density at radius 3 is 3.13 bits per heavy atom. The van der Waals surface area contributed by atoms with Crippen LogP contribution in [0.25, 0.3) is 0 Å². The SMILES string of the molecule is C=CCCCN1CCNc2ccccc21. The molecule has 0 spiro atoms. The number of rotatable bonds is 4.